The van der Waals surface area contributed by atoms with Crippen LogP contribution in [-0.2, 0) is 0 Å². The second-order valence-corrected chi connectivity index (χ2v) is 5.17. The molecule has 0 aromatic heterocycles. The fraction of sp³-hybridized carbons (Fsp3) is 0.300. The summed E-state index contributed by atoms with van der Waals surface area (Å²) in [6, 6.07) is 10.4. The van der Waals surface area contributed by atoms with Gasteiger partial charge >= 0.3 is 0 Å². The molecule has 0 N–H and O–H groups in total. The highest BCUT2D eigenvalue weighted by Crippen LogP contribution is 1.89. The van der Waals surface area contributed by atoms with Gasteiger partial charge in [0.05, 0.1) is 6.34 Å². The molecular weight excluding hydrogens is 176 g/mol. The highest BCUT2D eigenvalue weighted by molar-refractivity contribution is 6.71. The maximum atomic E-state index is 4.50. The van der Waals surface area contributed by atoms with Crippen LogP contribution >= 0.6 is 0 Å². The summed E-state index contributed by atoms with van der Waals surface area (Å²) in [6.45, 7) is 2.19. The van der Waals surface area contributed by atoms with Crippen molar-refractivity contribution in [3.05, 3.63) is 30.3 Å². The van der Waals surface area contributed by atoms with Gasteiger partial charge in [0.2, 0.25) is 8.96 Å². The van der Waals surface area contributed by atoms with Crippen molar-refractivity contribution in [1.82, 2.24) is 4.90 Å². The quantitative estimate of drug-likeness (QED) is 0.397. The zero-order valence-corrected chi connectivity index (χ0v) is 9.36. The van der Waals surface area contributed by atoms with Gasteiger partial charge in [-0.1, -0.05) is 30.3 Å². The molecule has 13 heavy (non-hydrogen) atoms. The molecule has 69 valence electrons. The lowest BCUT2D eigenvalue weighted by atomic mass is 10.4. The van der Waals surface area contributed by atoms with Crippen molar-refractivity contribution in [3.8, 4) is 0 Å². The van der Waals surface area contributed by atoms with Crippen molar-refractivity contribution in [2.45, 2.75) is 6.55 Å². The summed E-state index contributed by atoms with van der Waals surface area (Å²) >= 11 is 0. The van der Waals surface area contributed by atoms with Crippen LogP contribution in [0.4, 0.5) is 0 Å². The van der Waals surface area contributed by atoms with Gasteiger partial charge in [0.1, 0.15) is 0 Å². The normalized spacial score (nSPS) is 11.1. The zero-order valence-electron chi connectivity index (χ0n) is 8.36. The predicted octanol–water partition coefficient (Wildman–Crippen LogP) is 1.10. The van der Waals surface area contributed by atoms with Gasteiger partial charge in [-0.05, 0) is 11.7 Å². The summed E-state index contributed by atoms with van der Waals surface area (Å²) in [5, 5.41) is 1.35. The van der Waals surface area contributed by atoms with Gasteiger partial charge in [-0.2, -0.15) is 0 Å². The first kappa shape index (κ1) is 9.99. The predicted molar refractivity (Wildman–Crippen MR) is 59.9 cm³/mol. The minimum atomic E-state index is -0.735. The van der Waals surface area contributed by atoms with Crippen LogP contribution in [0.2, 0.25) is 6.55 Å². The molecule has 0 aliphatic heterocycles. The first-order valence-electron chi connectivity index (χ1n) is 4.30. The molecule has 0 bridgehead atoms. The van der Waals surface area contributed by atoms with Crippen molar-refractivity contribution < 1.29 is 0 Å². The molecule has 1 radical (unpaired) electrons. The molecule has 0 fully saturated rings. The van der Waals surface area contributed by atoms with Gasteiger partial charge in [-0.25, -0.2) is 0 Å². The lowest BCUT2D eigenvalue weighted by molar-refractivity contribution is 0.644. The van der Waals surface area contributed by atoms with E-state index in [-0.39, 0.29) is 0 Å². The Morgan fingerprint density at radius 3 is 2.38 bits per heavy atom. The Labute approximate surface area is 81.6 Å². The first-order chi connectivity index (χ1) is 6.20. The second kappa shape index (κ2) is 4.82. The fourth-order valence-electron chi connectivity index (χ4n) is 0.956. The molecule has 0 amide bonds. The molecule has 1 rings (SSSR count). The van der Waals surface area contributed by atoms with E-state index in [9.17, 15) is 0 Å². The van der Waals surface area contributed by atoms with Gasteiger partial charge < -0.3 is 9.56 Å². The summed E-state index contributed by atoms with van der Waals surface area (Å²) in [4.78, 5) is 1.97. The summed E-state index contributed by atoms with van der Waals surface area (Å²) in [5.41, 5.74) is 0. The van der Waals surface area contributed by atoms with Crippen LogP contribution in [0.15, 0.2) is 35.0 Å². The highest BCUT2D eigenvalue weighted by atomic mass is 28.3. The topological polar surface area (TPSA) is 15.6 Å². The molecule has 0 saturated heterocycles. The molecule has 0 saturated carbocycles. The Morgan fingerprint density at radius 2 is 1.85 bits per heavy atom. The maximum absolute atomic E-state index is 4.50. The summed E-state index contributed by atoms with van der Waals surface area (Å²) in [7, 11) is 3.24. The van der Waals surface area contributed by atoms with E-state index in [1.165, 1.54) is 5.19 Å². The monoisotopic (exact) mass is 191 g/mol. The van der Waals surface area contributed by atoms with E-state index in [1.54, 1.807) is 0 Å². The van der Waals surface area contributed by atoms with Gasteiger partial charge in [0.25, 0.3) is 0 Å². The van der Waals surface area contributed by atoms with Crippen LogP contribution in [0.3, 0.4) is 0 Å². The van der Waals surface area contributed by atoms with Crippen LogP contribution in [0.5, 0.6) is 0 Å². The van der Waals surface area contributed by atoms with E-state index >= 15 is 0 Å². The minimum absolute atomic E-state index is 0.735. The third kappa shape index (κ3) is 3.42. The Morgan fingerprint density at radius 1 is 1.23 bits per heavy atom. The second-order valence-electron chi connectivity index (χ2n) is 3.16. The number of hydrogen-bond donors (Lipinski definition) is 0. The van der Waals surface area contributed by atoms with Gasteiger partial charge in [-0.3, -0.25) is 0 Å². The fourth-order valence-corrected chi connectivity index (χ4v) is 2.18. The molecule has 0 aliphatic carbocycles. The van der Waals surface area contributed by atoms with Crippen molar-refractivity contribution in [2.75, 3.05) is 14.1 Å². The molecule has 0 unspecified atom stereocenters. The summed E-state index contributed by atoms with van der Waals surface area (Å²) in [5.74, 6) is 0. The summed E-state index contributed by atoms with van der Waals surface area (Å²) in [6.07, 6.45) is 1.89. The third-order valence-corrected chi connectivity index (χ3v) is 3.35. The van der Waals surface area contributed by atoms with Crippen LogP contribution in [0, 0.1) is 0 Å². The van der Waals surface area contributed by atoms with Crippen molar-refractivity contribution in [3.63, 3.8) is 0 Å². The van der Waals surface area contributed by atoms with Crippen molar-refractivity contribution in [2.24, 2.45) is 4.66 Å². The Bertz CT molecular complexity index is 270. The molecule has 0 heterocycles. The van der Waals surface area contributed by atoms with Gasteiger partial charge in [0, 0.05) is 14.1 Å². The van der Waals surface area contributed by atoms with E-state index < -0.39 is 8.96 Å². The Kier molecular flexibility index (Phi) is 3.70. The molecule has 2 nitrogen and oxygen atoms in total. The van der Waals surface area contributed by atoms with E-state index in [1.807, 2.05) is 31.4 Å². The lowest BCUT2D eigenvalue weighted by Crippen LogP contribution is -2.25. The maximum Gasteiger partial charge on any atom is 0.229 e. The van der Waals surface area contributed by atoms with E-state index in [0.717, 1.165) is 0 Å². The molecule has 0 spiro atoms. The smallest absolute Gasteiger partial charge is 0.229 e. The van der Waals surface area contributed by atoms with Crippen LogP contribution in [0.25, 0.3) is 0 Å². The standard InChI is InChI=1S/C10H15N2Si/c1-12(2)9-11-13(3)10-7-5-4-6-8-10/h4-9H,1-3H3/b11-9+. The Hall–Kier alpha value is -1.09. The number of nitrogens with zero attached hydrogens (tertiary/aromatic N) is 2. The van der Waals surface area contributed by atoms with Crippen LogP contribution in [-0.4, -0.2) is 34.3 Å². The molecule has 1 aromatic rings. The van der Waals surface area contributed by atoms with Gasteiger partial charge in [0.15, 0.2) is 0 Å². The SMILES string of the molecule is CN(C)/C=N/[Si](C)c1ccccc1. The zero-order chi connectivity index (χ0) is 9.68. The first-order valence-corrected chi connectivity index (χ1v) is 6.24. The van der Waals surface area contributed by atoms with Crippen molar-refractivity contribution >= 4 is 20.5 Å². The lowest BCUT2D eigenvalue weighted by Gasteiger charge is -2.06. The third-order valence-electron chi connectivity index (χ3n) is 1.67. The summed E-state index contributed by atoms with van der Waals surface area (Å²) < 4.78 is 4.50. The number of benzene rings is 1. The van der Waals surface area contributed by atoms with E-state index in [0.29, 0.717) is 0 Å². The van der Waals surface area contributed by atoms with Gasteiger partial charge in [-0.15, -0.1) is 0 Å². The van der Waals surface area contributed by atoms with E-state index in [2.05, 4.69) is 35.5 Å². The van der Waals surface area contributed by atoms with Crippen LogP contribution in [0.1, 0.15) is 0 Å². The molecule has 0 aliphatic rings. The average molecular weight is 191 g/mol. The molecular formula is C10H15N2Si. The average Bonchev–Trinajstić information content (AvgIpc) is 2.15. The number of hydrogen-bond acceptors (Lipinski definition) is 1. The molecule has 1 aromatic carbocycles. The Balaban J connectivity index is 2.64. The van der Waals surface area contributed by atoms with Crippen LogP contribution < -0.4 is 5.19 Å². The molecule has 0 atom stereocenters. The number of rotatable bonds is 3. The van der Waals surface area contributed by atoms with Crippen molar-refractivity contribution in [1.29, 1.82) is 0 Å². The van der Waals surface area contributed by atoms with E-state index in [4.69, 9.17) is 0 Å². The molecule has 3 heteroatoms. The largest absolute Gasteiger partial charge is 0.370 e. The highest BCUT2D eigenvalue weighted by Gasteiger charge is 2.03. The minimum Gasteiger partial charge on any atom is -0.370 e.